The van der Waals surface area contributed by atoms with Gasteiger partial charge in [-0.1, -0.05) is 15.9 Å². The number of fused-ring (bicyclic) bond motifs is 1. The highest BCUT2D eigenvalue weighted by Gasteiger charge is 2.39. The lowest BCUT2D eigenvalue weighted by atomic mass is 10.1. The fraction of sp³-hybridized carbons (Fsp3) is 0.417. The van der Waals surface area contributed by atoms with Crippen molar-refractivity contribution in [3.05, 3.63) is 34.7 Å². The van der Waals surface area contributed by atoms with E-state index < -0.39 is 12.5 Å². The minimum Gasteiger partial charge on any atom is -0.307 e. The average molecular weight is 350 g/mol. The number of alkyl halides is 3. The zero-order valence-corrected chi connectivity index (χ0v) is 11.9. The molecule has 2 aromatic rings. The summed E-state index contributed by atoms with van der Waals surface area (Å²) in [5.74, 6) is 0. The van der Waals surface area contributed by atoms with Gasteiger partial charge in [-0.05, 0) is 12.1 Å². The van der Waals surface area contributed by atoms with Gasteiger partial charge in [0.05, 0.1) is 11.8 Å². The van der Waals surface area contributed by atoms with Crippen LogP contribution in [0.15, 0.2) is 29.0 Å². The van der Waals surface area contributed by atoms with E-state index in [1.54, 1.807) is 0 Å². The Balaban J connectivity index is 1.59. The molecule has 0 aliphatic carbocycles. The lowest BCUT2D eigenvalue weighted by Gasteiger charge is -2.38. The molecule has 0 atom stereocenters. The molecule has 3 rings (SSSR count). The molecule has 2 aromatic heterocycles. The highest BCUT2D eigenvalue weighted by molar-refractivity contribution is 9.10. The lowest BCUT2D eigenvalue weighted by Crippen LogP contribution is -2.53. The number of pyridine rings is 1. The SMILES string of the molecule is FC(F)(F)OC1CN(Cc2cn3ccc(Br)cc3n2)C1. The highest BCUT2D eigenvalue weighted by Crippen LogP contribution is 2.24. The molecule has 108 valence electrons. The smallest absolute Gasteiger partial charge is 0.307 e. The van der Waals surface area contributed by atoms with Crippen molar-refractivity contribution >= 4 is 21.6 Å². The molecule has 0 saturated carbocycles. The van der Waals surface area contributed by atoms with Gasteiger partial charge in [0.15, 0.2) is 0 Å². The average Bonchev–Trinajstić information content (AvgIpc) is 2.66. The summed E-state index contributed by atoms with van der Waals surface area (Å²) in [6, 6.07) is 3.78. The van der Waals surface area contributed by atoms with Gasteiger partial charge in [0, 0.05) is 36.5 Å². The van der Waals surface area contributed by atoms with Crippen LogP contribution >= 0.6 is 15.9 Å². The van der Waals surface area contributed by atoms with Crippen LogP contribution in [0.5, 0.6) is 0 Å². The van der Waals surface area contributed by atoms with Crippen molar-refractivity contribution in [1.29, 1.82) is 0 Å². The molecule has 1 aliphatic heterocycles. The second-order valence-electron chi connectivity index (χ2n) is 4.72. The number of aromatic nitrogens is 2. The minimum absolute atomic E-state index is 0.275. The molecule has 1 aliphatic rings. The first-order valence-electron chi connectivity index (χ1n) is 5.99. The minimum atomic E-state index is -4.55. The van der Waals surface area contributed by atoms with Crippen molar-refractivity contribution < 1.29 is 17.9 Å². The van der Waals surface area contributed by atoms with Gasteiger partial charge in [-0.2, -0.15) is 0 Å². The van der Waals surface area contributed by atoms with Crippen LogP contribution in [0.4, 0.5) is 13.2 Å². The van der Waals surface area contributed by atoms with Crippen molar-refractivity contribution in [2.24, 2.45) is 0 Å². The summed E-state index contributed by atoms with van der Waals surface area (Å²) in [5, 5.41) is 0. The number of hydrogen-bond donors (Lipinski definition) is 0. The molecule has 0 amide bonds. The third-order valence-corrected chi connectivity index (χ3v) is 3.57. The Bertz CT molecular complexity index is 622. The molecule has 0 aromatic carbocycles. The normalized spacial score (nSPS) is 17.6. The zero-order valence-electron chi connectivity index (χ0n) is 10.3. The van der Waals surface area contributed by atoms with E-state index in [-0.39, 0.29) is 13.1 Å². The van der Waals surface area contributed by atoms with Crippen molar-refractivity contribution in [3.63, 3.8) is 0 Å². The van der Waals surface area contributed by atoms with E-state index >= 15 is 0 Å². The summed E-state index contributed by atoms with van der Waals surface area (Å²) >= 11 is 3.37. The fourth-order valence-corrected chi connectivity index (χ4v) is 2.55. The Morgan fingerprint density at radius 2 is 2.15 bits per heavy atom. The Kier molecular flexibility index (Phi) is 3.47. The Hall–Kier alpha value is -1.12. The van der Waals surface area contributed by atoms with Crippen LogP contribution < -0.4 is 0 Å². The van der Waals surface area contributed by atoms with E-state index in [1.807, 2.05) is 33.8 Å². The molecule has 0 spiro atoms. The summed E-state index contributed by atoms with van der Waals surface area (Å²) in [5.41, 5.74) is 1.63. The van der Waals surface area contributed by atoms with Crippen LogP contribution in [0.1, 0.15) is 5.69 Å². The standard InChI is InChI=1S/C12H11BrF3N3O/c13-8-1-2-19-5-9(17-11(19)3-8)4-18-6-10(7-18)20-12(14,15)16/h1-3,5,10H,4,6-7H2. The second kappa shape index (κ2) is 5.01. The molecule has 0 bridgehead atoms. The van der Waals surface area contributed by atoms with Gasteiger partial charge in [-0.3, -0.25) is 9.64 Å². The van der Waals surface area contributed by atoms with Gasteiger partial charge in [0.25, 0.3) is 0 Å². The largest absolute Gasteiger partial charge is 0.522 e. The van der Waals surface area contributed by atoms with Gasteiger partial charge in [-0.15, -0.1) is 13.2 Å². The van der Waals surface area contributed by atoms with E-state index in [2.05, 4.69) is 25.7 Å². The third-order valence-electron chi connectivity index (χ3n) is 3.08. The molecule has 4 nitrogen and oxygen atoms in total. The molecule has 3 heterocycles. The number of hydrogen-bond acceptors (Lipinski definition) is 3. The summed E-state index contributed by atoms with van der Waals surface area (Å²) in [6.45, 7) is 1.07. The molecule has 1 fully saturated rings. The molecule has 0 N–H and O–H groups in total. The van der Waals surface area contributed by atoms with Crippen molar-refractivity contribution in [1.82, 2.24) is 14.3 Å². The van der Waals surface area contributed by atoms with Crippen molar-refractivity contribution in [3.8, 4) is 0 Å². The summed E-state index contributed by atoms with van der Waals surface area (Å²) in [7, 11) is 0. The van der Waals surface area contributed by atoms with Crippen LogP contribution in [0.2, 0.25) is 0 Å². The first kappa shape index (κ1) is 13.8. The summed E-state index contributed by atoms with van der Waals surface area (Å²) in [4.78, 5) is 6.29. The quantitative estimate of drug-likeness (QED) is 0.853. The van der Waals surface area contributed by atoms with Gasteiger partial charge in [-0.25, -0.2) is 4.98 Å². The van der Waals surface area contributed by atoms with E-state index in [9.17, 15) is 13.2 Å². The predicted molar refractivity (Wildman–Crippen MR) is 69.1 cm³/mol. The Morgan fingerprint density at radius 1 is 1.40 bits per heavy atom. The molecule has 1 saturated heterocycles. The van der Waals surface area contributed by atoms with Gasteiger partial charge >= 0.3 is 6.36 Å². The number of ether oxygens (including phenoxy) is 1. The predicted octanol–water partition coefficient (Wildman–Crippen LogP) is 2.82. The van der Waals surface area contributed by atoms with Crippen molar-refractivity contribution in [2.45, 2.75) is 19.0 Å². The maximum absolute atomic E-state index is 12.0. The van der Waals surface area contributed by atoms with Gasteiger partial charge in [0.2, 0.25) is 0 Å². The molecule has 20 heavy (non-hydrogen) atoms. The summed E-state index contributed by atoms with van der Waals surface area (Å²) < 4.78 is 42.7. The van der Waals surface area contributed by atoms with Crippen LogP contribution in [-0.2, 0) is 11.3 Å². The molecule has 0 radical (unpaired) electrons. The monoisotopic (exact) mass is 349 g/mol. The summed E-state index contributed by atoms with van der Waals surface area (Å²) in [6.07, 6.45) is -1.56. The molecule has 8 heteroatoms. The first-order valence-corrected chi connectivity index (χ1v) is 6.78. The zero-order chi connectivity index (χ0) is 14.3. The van der Waals surface area contributed by atoms with Crippen molar-refractivity contribution in [2.75, 3.05) is 13.1 Å². The Labute approximate surface area is 121 Å². The van der Waals surface area contributed by atoms with Crippen LogP contribution in [0.3, 0.4) is 0 Å². The number of halogens is 4. The van der Waals surface area contributed by atoms with E-state index in [4.69, 9.17) is 0 Å². The number of likely N-dealkylation sites (tertiary alicyclic amines) is 1. The topological polar surface area (TPSA) is 29.8 Å². The maximum atomic E-state index is 12.0. The highest BCUT2D eigenvalue weighted by atomic mass is 79.9. The fourth-order valence-electron chi connectivity index (χ4n) is 2.23. The van der Waals surface area contributed by atoms with Gasteiger partial charge in [0.1, 0.15) is 5.65 Å². The maximum Gasteiger partial charge on any atom is 0.522 e. The number of imidazole rings is 1. The van der Waals surface area contributed by atoms with Crippen LogP contribution in [0, 0.1) is 0 Å². The third kappa shape index (κ3) is 3.13. The molecular formula is C12H11BrF3N3O. The number of rotatable bonds is 3. The number of nitrogens with zero attached hydrogens (tertiary/aromatic N) is 3. The first-order chi connectivity index (χ1) is 9.39. The van der Waals surface area contributed by atoms with E-state index in [1.165, 1.54) is 0 Å². The second-order valence-corrected chi connectivity index (χ2v) is 5.64. The van der Waals surface area contributed by atoms with E-state index in [0.717, 1.165) is 15.8 Å². The van der Waals surface area contributed by atoms with Crippen LogP contribution in [-0.4, -0.2) is 39.8 Å². The van der Waals surface area contributed by atoms with E-state index in [0.29, 0.717) is 6.54 Å². The molecule has 0 unspecified atom stereocenters. The van der Waals surface area contributed by atoms with Gasteiger partial charge < -0.3 is 4.40 Å². The Morgan fingerprint density at radius 3 is 2.85 bits per heavy atom. The lowest BCUT2D eigenvalue weighted by molar-refractivity contribution is -0.355. The molecular weight excluding hydrogens is 339 g/mol. The van der Waals surface area contributed by atoms with Crippen LogP contribution in [0.25, 0.3) is 5.65 Å².